The first kappa shape index (κ1) is 22.5. The zero-order valence-electron chi connectivity index (χ0n) is 18.1. The highest BCUT2D eigenvalue weighted by molar-refractivity contribution is 5.97. The first-order chi connectivity index (χ1) is 14.6. The number of anilines is 1. The van der Waals surface area contributed by atoms with Crippen LogP contribution < -0.4 is 10.6 Å². The number of rotatable bonds is 4. The topological polar surface area (TPSA) is 78.5 Å². The number of hydrogen-bond donors (Lipinski definition) is 2. The highest BCUT2D eigenvalue weighted by Gasteiger charge is 2.28. The van der Waals surface area contributed by atoms with Crippen LogP contribution in [0, 0.1) is 11.7 Å². The Hall–Kier alpha value is -3.22. The molecule has 1 aliphatic heterocycles. The van der Waals surface area contributed by atoms with E-state index in [4.69, 9.17) is 0 Å². The molecule has 0 aliphatic carbocycles. The molecule has 1 heterocycles. The lowest BCUT2D eigenvalue weighted by molar-refractivity contribution is -0.121. The van der Waals surface area contributed by atoms with Crippen molar-refractivity contribution in [1.82, 2.24) is 10.2 Å². The Labute approximate surface area is 181 Å². The van der Waals surface area contributed by atoms with Gasteiger partial charge in [-0.3, -0.25) is 14.4 Å². The summed E-state index contributed by atoms with van der Waals surface area (Å²) in [5.74, 6) is -0.983. The molecular formula is C24H28FN3O3. The summed E-state index contributed by atoms with van der Waals surface area (Å²) in [7, 11) is 0. The van der Waals surface area contributed by atoms with Crippen LogP contribution in [-0.4, -0.2) is 41.2 Å². The molecule has 0 aromatic heterocycles. The molecule has 164 valence electrons. The standard InChI is InChI=1S/C24H28FN3O3/c1-24(2,3)27-22(30)16-6-10-20(11-7-16)26-21(29)17-12-14-28(15-13-17)23(31)18-4-8-19(25)9-5-18/h4-11,17H,12-15H2,1-3H3,(H,26,29)(H,27,30). The largest absolute Gasteiger partial charge is 0.347 e. The number of halogens is 1. The molecule has 0 atom stereocenters. The molecule has 3 rings (SSSR count). The summed E-state index contributed by atoms with van der Waals surface area (Å²) in [5.41, 5.74) is 1.28. The van der Waals surface area contributed by atoms with Gasteiger partial charge in [-0.15, -0.1) is 0 Å². The Balaban J connectivity index is 1.51. The number of hydrogen-bond acceptors (Lipinski definition) is 3. The monoisotopic (exact) mass is 425 g/mol. The van der Waals surface area contributed by atoms with Gasteiger partial charge in [0, 0.05) is 41.4 Å². The molecule has 1 fully saturated rings. The quantitative estimate of drug-likeness (QED) is 0.781. The number of nitrogens with one attached hydrogen (secondary N) is 2. The van der Waals surface area contributed by atoms with E-state index in [9.17, 15) is 18.8 Å². The van der Waals surface area contributed by atoms with Crippen LogP contribution in [0.2, 0.25) is 0 Å². The smallest absolute Gasteiger partial charge is 0.253 e. The van der Waals surface area contributed by atoms with Crippen LogP contribution in [0.1, 0.15) is 54.3 Å². The summed E-state index contributed by atoms with van der Waals surface area (Å²) >= 11 is 0. The fourth-order valence-corrected chi connectivity index (χ4v) is 3.48. The predicted molar refractivity (Wildman–Crippen MR) is 117 cm³/mol. The maximum Gasteiger partial charge on any atom is 0.253 e. The molecule has 0 bridgehead atoms. The summed E-state index contributed by atoms with van der Waals surface area (Å²) in [4.78, 5) is 39.0. The lowest BCUT2D eigenvalue weighted by Crippen LogP contribution is -2.41. The van der Waals surface area contributed by atoms with Crippen molar-refractivity contribution in [2.45, 2.75) is 39.2 Å². The van der Waals surface area contributed by atoms with Gasteiger partial charge in [0.25, 0.3) is 11.8 Å². The minimum atomic E-state index is -0.380. The minimum absolute atomic E-state index is 0.0965. The summed E-state index contributed by atoms with van der Waals surface area (Å²) < 4.78 is 13.0. The van der Waals surface area contributed by atoms with Gasteiger partial charge in [0.1, 0.15) is 5.82 Å². The molecule has 6 nitrogen and oxygen atoms in total. The molecule has 1 aliphatic rings. The van der Waals surface area contributed by atoms with Gasteiger partial charge in [-0.1, -0.05) is 0 Å². The van der Waals surface area contributed by atoms with Crippen LogP contribution in [0.15, 0.2) is 48.5 Å². The van der Waals surface area contributed by atoms with Crippen LogP contribution >= 0.6 is 0 Å². The molecule has 1 saturated heterocycles. The van der Waals surface area contributed by atoms with E-state index >= 15 is 0 Å². The summed E-state index contributed by atoms with van der Waals surface area (Å²) in [6.07, 6.45) is 1.12. The van der Waals surface area contributed by atoms with Gasteiger partial charge in [0.15, 0.2) is 0 Å². The second-order valence-corrected chi connectivity index (χ2v) is 8.84. The highest BCUT2D eigenvalue weighted by atomic mass is 19.1. The van der Waals surface area contributed by atoms with Gasteiger partial charge in [-0.25, -0.2) is 4.39 Å². The van der Waals surface area contributed by atoms with Crippen LogP contribution in [0.3, 0.4) is 0 Å². The van der Waals surface area contributed by atoms with Crippen molar-refractivity contribution in [3.05, 3.63) is 65.5 Å². The zero-order valence-corrected chi connectivity index (χ0v) is 18.1. The highest BCUT2D eigenvalue weighted by Crippen LogP contribution is 2.21. The first-order valence-corrected chi connectivity index (χ1v) is 10.4. The molecule has 0 radical (unpaired) electrons. The maximum absolute atomic E-state index is 13.0. The van der Waals surface area contributed by atoms with Crippen LogP contribution in [0.25, 0.3) is 0 Å². The predicted octanol–water partition coefficient (Wildman–Crippen LogP) is 3.84. The Morgan fingerprint density at radius 1 is 0.903 bits per heavy atom. The molecule has 7 heteroatoms. The van der Waals surface area contributed by atoms with E-state index < -0.39 is 0 Å². The number of nitrogens with zero attached hydrogens (tertiary/aromatic N) is 1. The summed E-state index contributed by atoms with van der Waals surface area (Å²) in [5, 5.41) is 5.79. The molecule has 2 aromatic carbocycles. The molecular weight excluding hydrogens is 397 g/mol. The van der Waals surface area contributed by atoms with Crippen LogP contribution in [-0.2, 0) is 4.79 Å². The maximum atomic E-state index is 13.0. The van der Waals surface area contributed by atoms with Gasteiger partial charge in [0.05, 0.1) is 0 Å². The second-order valence-electron chi connectivity index (χ2n) is 8.84. The van der Waals surface area contributed by atoms with Crippen LogP contribution in [0.4, 0.5) is 10.1 Å². The number of carbonyl (C=O) groups is 3. The fraction of sp³-hybridized carbons (Fsp3) is 0.375. The van der Waals surface area contributed by atoms with E-state index in [2.05, 4.69) is 10.6 Å². The zero-order chi connectivity index (χ0) is 22.6. The number of carbonyl (C=O) groups excluding carboxylic acids is 3. The Bertz CT molecular complexity index is 942. The van der Waals surface area contributed by atoms with E-state index in [0.717, 1.165) is 0 Å². The summed E-state index contributed by atoms with van der Waals surface area (Å²) in [6, 6.07) is 12.3. The minimum Gasteiger partial charge on any atom is -0.347 e. The van der Waals surface area contributed by atoms with E-state index in [-0.39, 0.29) is 35.0 Å². The Morgan fingerprint density at radius 2 is 1.45 bits per heavy atom. The molecule has 2 N–H and O–H groups in total. The molecule has 31 heavy (non-hydrogen) atoms. The number of piperidine rings is 1. The average molecular weight is 426 g/mol. The first-order valence-electron chi connectivity index (χ1n) is 10.4. The number of amides is 3. The van der Waals surface area contributed by atoms with Crippen molar-refractivity contribution in [3.8, 4) is 0 Å². The van der Waals surface area contributed by atoms with Crippen molar-refractivity contribution in [1.29, 1.82) is 0 Å². The molecule has 0 saturated carbocycles. The molecule has 3 amide bonds. The third-order valence-corrected chi connectivity index (χ3v) is 5.15. The van der Waals surface area contributed by atoms with Crippen molar-refractivity contribution < 1.29 is 18.8 Å². The number of benzene rings is 2. The second kappa shape index (κ2) is 9.29. The van der Waals surface area contributed by atoms with E-state index in [1.807, 2.05) is 20.8 Å². The molecule has 0 spiro atoms. The Morgan fingerprint density at radius 3 is 2.00 bits per heavy atom. The van der Waals surface area contributed by atoms with Crippen molar-refractivity contribution in [3.63, 3.8) is 0 Å². The van der Waals surface area contributed by atoms with E-state index in [0.29, 0.717) is 42.7 Å². The SMILES string of the molecule is CC(C)(C)NC(=O)c1ccc(NC(=O)C2CCN(C(=O)c3ccc(F)cc3)CC2)cc1. The van der Waals surface area contributed by atoms with Gasteiger partial charge < -0.3 is 15.5 Å². The van der Waals surface area contributed by atoms with Gasteiger partial charge >= 0.3 is 0 Å². The summed E-state index contributed by atoms with van der Waals surface area (Å²) in [6.45, 7) is 6.69. The third kappa shape index (κ3) is 6.13. The Kier molecular flexibility index (Phi) is 6.73. The van der Waals surface area contributed by atoms with Crippen molar-refractivity contribution >= 4 is 23.4 Å². The van der Waals surface area contributed by atoms with Crippen molar-refractivity contribution in [2.75, 3.05) is 18.4 Å². The fourth-order valence-electron chi connectivity index (χ4n) is 3.48. The number of likely N-dealkylation sites (tertiary alicyclic amines) is 1. The van der Waals surface area contributed by atoms with E-state index in [1.165, 1.54) is 24.3 Å². The van der Waals surface area contributed by atoms with Crippen molar-refractivity contribution in [2.24, 2.45) is 5.92 Å². The lowest BCUT2D eigenvalue weighted by Gasteiger charge is -2.31. The van der Waals surface area contributed by atoms with E-state index in [1.54, 1.807) is 29.2 Å². The molecule has 0 unspecified atom stereocenters. The average Bonchev–Trinajstić information content (AvgIpc) is 2.73. The molecule has 2 aromatic rings. The third-order valence-electron chi connectivity index (χ3n) is 5.15. The van der Waals surface area contributed by atoms with Gasteiger partial charge in [0.2, 0.25) is 5.91 Å². The normalized spacial score (nSPS) is 14.8. The lowest BCUT2D eigenvalue weighted by atomic mass is 9.95. The van der Waals surface area contributed by atoms with Crippen LogP contribution in [0.5, 0.6) is 0 Å². The van der Waals surface area contributed by atoms with Gasteiger partial charge in [-0.2, -0.15) is 0 Å². The van der Waals surface area contributed by atoms with Gasteiger partial charge in [-0.05, 0) is 82.1 Å².